The summed E-state index contributed by atoms with van der Waals surface area (Å²) in [6.45, 7) is 5.33. The third-order valence-corrected chi connectivity index (χ3v) is 5.51. The zero-order valence-electron chi connectivity index (χ0n) is 19.1. The number of ketones is 1. The Morgan fingerprint density at radius 2 is 1.70 bits per heavy atom. The molecule has 0 aliphatic heterocycles. The van der Waals surface area contributed by atoms with Crippen molar-refractivity contribution in [2.45, 2.75) is 27.3 Å². The van der Waals surface area contributed by atoms with E-state index in [1.807, 2.05) is 0 Å². The monoisotopic (exact) mass is 451 g/mol. The number of Topliss-reactive ketones (excluding diaryl/α,β-unsaturated/α-hetero) is 1. The second kappa shape index (κ2) is 10.2. The third kappa shape index (κ3) is 5.16. The van der Waals surface area contributed by atoms with Crippen molar-refractivity contribution in [2.24, 2.45) is 7.05 Å². The molecule has 8 heteroatoms. The Labute approximate surface area is 191 Å². The van der Waals surface area contributed by atoms with E-state index in [4.69, 9.17) is 4.74 Å². The van der Waals surface area contributed by atoms with Gasteiger partial charge in [-0.05, 0) is 68.3 Å². The highest BCUT2D eigenvalue weighted by molar-refractivity contribution is 6.06. The summed E-state index contributed by atoms with van der Waals surface area (Å²) in [5.41, 5.74) is 2.87. The molecule has 0 saturated heterocycles. The van der Waals surface area contributed by atoms with Gasteiger partial charge >= 0.3 is 5.97 Å². The lowest BCUT2D eigenvalue weighted by molar-refractivity contribution is 0.0514. The van der Waals surface area contributed by atoms with Gasteiger partial charge in [0.25, 0.3) is 5.91 Å². The van der Waals surface area contributed by atoms with Crippen LogP contribution in [0.5, 0.6) is 0 Å². The van der Waals surface area contributed by atoms with Crippen molar-refractivity contribution in [3.8, 4) is 0 Å². The van der Waals surface area contributed by atoms with E-state index in [-0.39, 0.29) is 31.0 Å². The van der Waals surface area contributed by atoms with Crippen LogP contribution in [-0.4, -0.2) is 45.3 Å². The van der Waals surface area contributed by atoms with E-state index in [0.29, 0.717) is 22.5 Å². The van der Waals surface area contributed by atoms with Crippen LogP contribution in [0.2, 0.25) is 0 Å². The molecule has 33 heavy (non-hydrogen) atoms. The van der Waals surface area contributed by atoms with Gasteiger partial charge in [0, 0.05) is 42.8 Å². The number of ether oxygens (including phenoxy) is 1. The summed E-state index contributed by atoms with van der Waals surface area (Å²) in [5.74, 6) is -1.67. The maximum absolute atomic E-state index is 13.4. The normalized spacial score (nSPS) is 10.7. The smallest absolute Gasteiger partial charge is 0.355 e. The van der Waals surface area contributed by atoms with Crippen LogP contribution in [0.4, 0.5) is 4.39 Å². The molecule has 7 nitrogen and oxygen atoms in total. The standard InChI is InChI=1S/C25H26FN3O4/c1-5-33-25(32)23-16(2)22(17(3)28(23)4)21(30)15-29(14-18-10-12-27-13-11-18)24(31)19-6-8-20(26)9-7-19/h6-13H,5,14-15H2,1-4H3. The molecule has 0 radical (unpaired) electrons. The quantitative estimate of drug-likeness (QED) is 0.384. The summed E-state index contributed by atoms with van der Waals surface area (Å²) in [6, 6.07) is 8.70. The molecule has 172 valence electrons. The average molecular weight is 451 g/mol. The van der Waals surface area contributed by atoms with Gasteiger partial charge < -0.3 is 14.2 Å². The number of carbonyl (C=O) groups is 3. The number of amides is 1. The number of aromatic nitrogens is 2. The first-order chi connectivity index (χ1) is 15.7. The summed E-state index contributed by atoms with van der Waals surface area (Å²) in [4.78, 5) is 44.4. The van der Waals surface area contributed by atoms with Gasteiger partial charge in [0.1, 0.15) is 11.5 Å². The molecule has 2 heterocycles. The molecule has 1 amide bonds. The second-order valence-corrected chi connectivity index (χ2v) is 7.66. The SMILES string of the molecule is CCOC(=O)c1c(C)c(C(=O)CN(Cc2ccncc2)C(=O)c2ccc(F)cc2)c(C)n1C. The predicted octanol–water partition coefficient (Wildman–Crippen LogP) is 3.88. The van der Waals surface area contributed by atoms with Crippen LogP contribution < -0.4 is 0 Å². The zero-order valence-corrected chi connectivity index (χ0v) is 19.1. The van der Waals surface area contributed by atoms with E-state index in [0.717, 1.165) is 5.56 Å². The first kappa shape index (κ1) is 23.8. The second-order valence-electron chi connectivity index (χ2n) is 7.66. The van der Waals surface area contributed by atoms with Crippen molar-refractivity contribution in [1.29, 1.82) is 0 Å². The molecule has 0 atom stereocenters. The maximum Gasteiger partial charge on any atom is 0.355 e. The number of carbonyl (C=O) groups excluding carboxylic acids is 3. The summed E-state index contributed by atoms with van der Waals surface area (Å²) < 4.78 is 20.1. The van der Waals surface area contributed by atoms with Crippen molar-refractivity contribution in [2.75, 3.05) is 13.2 Å². The van der Waals surface area contributed by atoms with Gasteiger partial charge in [-0.3, -0.25) is 14.6 Å². The number of esters is 1. The largest absolute Gasteiger partial charge is 0.461 e. The number of halogens is 1. The molecule has 0 unspecified atom stereocenters. The Morgan fingerprint density at radius 1 is 1.06 bits per heavy atom. The maximum atomic E-state index is 13.4. The van der Waals surface area contributed by atoms with Crippen molar-refractivity contribution in [3.63, 3.8) is 0 Å². The fraction of sp³-hybridized carbons (Fsp3) is 0.280. The van der Waals surface area contributed by atoms with Crippen LogP contribution in [0, 0.1) is 19.7 Å². The molecule has 3 aromatic rings. The zero-order chi connectivity index (χ0) is 24.1. The van der Waals surface area contributed by atoms with E-state index in [1.165, 1.54) is 29.2 Å². The van der Waals surface area contributed by atoms with Crippen molar-refractivity contribution >= 4 is 17.7 Å². The van der Waals surface area contributed by atoms with Gasteiger partial charge in [-0.15, -0.1) is 0 Å². The summed E-state index contributed by atoms with van der Waals surface area (Å²) >= 11 is 0. The molecule has 0 spiro atoms. The van der Waals surface area contributed by atoms with Crippen LogP contribution >= 0.6 is 0 Å². The highest BCUT2D eigenvalue weighted by Crippen LogP contribution is 2.23. The summed E-state index contributed by atoms with van der Waals surface area (Å²) in [6.07, 6.45) is 3.21. The molecule has 0 aliphatic rings. The van der Waals surface area contributed by atoms with Gasteiger partial charge in [-0.2, -0.15) is 0 Å². The van der Waals surface area contributed by atoms with Gasteiger partial charge in [-0.1, -0.05) is 0 Å². The highest BCUT2D eigenvalue weighted by Gasteiger charge is 2.28. The predicted molar refractivity (Wildman–Crippen MR) is 121 cm³/mol. The summed E-state index contributed by atoms with van der Waals surface area (Å²) in [7, 11) is 1.70. The van der Waals surface area contributed by atoms with Gasteiger partial charge in [0.05, 0.1) is 13.2 Å². The summed E-state index contributed by atoms with van der Waals surface area (Å²) in [5, 5.41) is 0. The number of hydrogen-bond acceptors (Lipinski definition) is 5. The van der Waals surface area contributed by atoms with E-state index < -0.39 is 17.7 Å². The topological polar surface area (TPSA) is 81.5 Å². The minimum absolute atomic E-state index is 0.167. The fourth-order valence-electron chi connectivity index (χ4n) is 3.81. The lowest BCUT2D eigenvalue weighted by Gasteiger charge is -2.22. The minimum atomic E-state index is -0.504. The molecule has 0 N–H and O–H groups in total. The number of hydrogen-bond donors (Lipinski definition) is 0. The first-order valence-electron chi connectivity index (χ1n) is 10.5. The fourth-order valence-corrected chi connectivity index (χ4v) is 3.81. The molecular formula is C25H26FN3O4. The van der Waals surface area contributed by atoms with Gasteiger partial charge in [-0.25, -0.2) is 9.18 Å². The minimum Gasteiger partial charge on any atom is -0.461 e. The van der Waals surface area contributed by atoms with Crippen molar-refractivity contribution in [3.05, 3.63) is 88.3 Å². The van der Waals surface area contributed by atoms with Crippen LogP contribution in [-0.2, 0) is 18.3 Å². The van der Waals surface area contributed by atoms with E-state index in [1.54, 1.807) is 56.9 Å². The molecule has 3 rings (SSSR count). The number of rotatable bonds is 8. The third-order valence-electron chi connectivity index (χ3n) is 5.51. The van der Waals surface area contributed by atoms with E-state index in [9.17, 15) is 18.8 Å². The van der Waals surface area contributed by atoms with Crippen LogP contribution in [0.15, 0.2) is 48.8 Å². The Hall–Kier alpha value is -3.81. The Bertz CT molecular complexity index is 1170. The molecule has 0 bridgehead atoms. The molecule has 1 aromatic carbocycles. The van der Waals surface area contributed by atoms with Gasteiger partial charge in [0.2, 0.25) is 0 Å². The number of nitrogens with zero attached hydrogens (tertiary/aromatic N) is 3. The van der Waals surface area contributed by atoms with Crippen LogP contribution in [0.1, 0.15) is 54.9 Å². The first-order valence-corrected chi connectivity index (χ1v) is 10.5. The lowest BCUT2D eigenvalue weighted by atomic mass is 10.0. The lowest BCUT2D eigenvalue weighted by Crippen LogP contribution is -2.35. The van der Waals surface area contributed by atoms with Crippen LogP contribution in [0.3, 0.4) is 0 Å². The Kier molecular flexibility index (Phi) is 7.37. The highest BCUT2D eigenvalue weighted by atomic mass is 19.1. The molecule has 0 saturated carbocycles. The van der Waals surface area contributed by atoms with Crippen LogP contribution in [0.25, 0.3) is 0 Å². The Balaban J connectivity index is 1.95. The molecule has 0 aliphatic carbocycles. The van der Waals surface area contributed by atoms with Gasteiger partial charge in [0.15, 0.2) is 5.78 Å². The molecule has 2 aromatic heterocycles. The molecular weight excluding hydrogens is 425 g/mol. The average Bonchev–Trinajstić information content (AvgIpc) is 3.02. The molecule has 0 fully saturated rings. The number of benzene rings is 1. The van der Waals surface area contributed by atoms with E-state index in [2.05, 4.69) is 4.98 Å². The Morgan fingerprint density at radius 3 is 2.30 bits per heavy atom. The number of pyridine rings is 1. The van der Waals surface area contributed by atoms with Crippen molar-refractivity contribution < 1.29 is 23.5 Å². The van der Waals surface area contributed by atoms with E-state index >= 15 is 0 Å². The van der Waals surface area contributed by atoms with Crippen molar-refractivity contribution in [1.82, 2.24) is 14.5 Å².